The fourth-order valence-electron chi connectivity index (χ4n) is 1.76. The summed E-state index contributed by atoms with van der Waals surface area (Å²) in [6.07, 6.45) is 0. The molecule has 0 amide bonds. The standard InChI is InChI=1S/C13H13BrN2O3/c1-3-19-9-6-4-5-8(7-9)12-15-10(13(17)18)11(14)16(12)2/h4-7H,3H2,1-2H3,(H,17,18). The topological polar surface area (TPSA) is 64.3 Å². The summed E-state index contributed by atoms with van der Waals surface area (Å²) < 4.78 is 7.56. The molecule has 0 radical (unpaired) electrons. The molecule has 5 nitrogen and oxygen atoms in total. The van der Waals surface area contributed by atoms with Crippen molar-refractivity contribution < 1.29 is 14.6 Å². The number of hydrogen-bond acceptors (Lipinski definition) is 3. The van der Waals surface area contributed by atoms with Crippen LogP contribution in [0.25, 0.3) is 11.4 Å². The Kier molecular flexibility index (Phi) is 3.90. The van der Waals surface area contributed by atoms with Crippen molar-refractivity contribution in [3.8, 4) is 17.1 Å². The Labute approximate surface area is 119 Å². The van der Waals surface area contributed by atoms with E-state index >= 15 is 0 Å². The van der Waals surface area contributed by atoms with Crippen molar-refractivity contribution in [3.05, 3.63) is 34.6 Å². The van der Waals surface area contributed by atoms with E-state index in [0.717, 1.165) is 11.3 Å². The Morgan fingerprint density at radius 2 is 2.26 bits per heavy atom. The number of carboxylic acid groups (broad SMARTS) is 1. The quantitative estimate of drug-likeness (QED) is 0.939. The molecule has 1 aromatic heterocycles. The number of imidazole rings is 1. The van der Waals surface area contributed by atoms with Gasteiger partial charge in [-0.05, 0) is 35.0 Å². The number of rotatable bonds is 4. The van der Waals surface area contributed by atoms with E-state index in [1.807, 2.05) is 31.2 Å². The average Bonchev–Trinajstić information content (AvgIpc) is 2.67. The van der Waals surface area contributed by atoms with Crippen molar-refractivity contribution in [2.75, 3.05) is 6.61 Å². The smallest absolute Gasteiger partial charge is 0.357 e. The van der Waals surface area contributed by atoms with Gasteiger partial charge in [-0.3, -0.25) is 0 Å². The maximum Gasteiger partial charge on any atom is 0.357 e. The molecule has 0 saturated carbocycles. The third-order valence-corrected chi connectivity index (χ3v) is 3.54. The second-order valence-electron chi connectivity index (χ2n) is 3.90. The Morgan fingerprint density at radius 3 is 2.84 bits per heavy atom. The minimum absolute atomic E-state index is 0.000636. The van der Waals surface area contributed by atoms with E-state index in [9.17, 15) is 4.79 Å². The van der Waals surface area contributed by atoms with Crippen LogP contribution >= 0.6 is 15.9 Å². The number of benzene rings is 1. The normalized spacial score (nSPS) is 10.5. The zero-order valence-electron chi connectivity index (χ0n) is 10.6. The summed E-state index contributed by atoms with van der Waals surface area (Å²) in [5.74, 6) is 0.247. The first kappa shape index (κ1) is 13.6. The summed E-state index contributed by atoms with van der Waals surface area (Å²) >= 11 is 3.24. The fraction of sp³-hybridized carbons (Fsp3) is 0.231. The number of halogens is 1. The zero-order chi connectivity index (χ0) is 14.0. The van der Waals surface area contributed by atoms with E-state index < -0.39 is 5.97 Å². The van der Waals surface area contributed by atoms with E-state index in [2.05, 4.69) is 20.9 Å². The first-order valence-electron chi connectivity index (χ1n) is 5.73. The summed E-state index contributed by atoms with van der Waals surface area (Å²) in [5, 5.41) is 9.06. The van der Waals surface area contributed by atoms with E-state index in [0.29, 0.717) is 17.0 Å². The van der Waals surface area contributed by atoms with E-state index in [4.69, 9.17) is 9.84 Å². The van der Waals surface area contributed by atoms with Gasteiger partial charge in [0.1, 0.15) is 16.2 Å². The molecule has 1 heterocycles. The Bertz CT molecular complexity index is 622. The minimum atomic E-state index is -1.06. The van der Waals surface area contributed by atoms with Gasteiger partial charge in [0.15, 0.2) is 5.69 Å². The lowest BCUT2D eigenvalue weighted by Gasteiger charge is -2.06. The largest absolute Gasteiger partial charge is 0.494 e. The highest BCUT2D eigenvalue weighted by Gasteiger charge is 2.19. The van der Waals surface area contributed by atoms with E-state index in [1.54, 1.807) is 11.6 Å². The molecule has 19 heavy (non-hydrogen) atoms. The summed E-state index contributed by atoms with van der Waals surface area (Å²) in [5.41, 5.74) is 0.806. The van der Waals surface area contributed by atoms with Crippen LogP contribution in [0, 0.1) is 0 Å². The third kappa shape index (κ3) is 2.63. The maximum absolute atomic E-state index is 11.1. The van der Waals surface area contributed by atoms with Gasteiger partial charge in [-0.1, -0.05) is 12.1 Å². The first-order chi connectivity index (χ1) is 9.04. The van der Waals surface area contributed by atoms with Gasteiger partial charge in [-0.25, -0.2) is 9.78 Å². The molecule has 0 bridgehead atoms. The zero-order valence-corrected chi connectivity index (χ0v) is 12.1. The lowest BCUT2D eigenvalue weighted by atomic mass is 10.2. The van der Waals surface area contributed by atoms with Crippen LogP contribution in [0.2, 0.25) is 0 Å². The van der Waals surface area contributed by atoms with Crippen LogP contribution in [0.15, 0.2) is 28.9 Å². The number of carbonyl (C=O) groups is 1. The van der Waals surface area contributed by atoms with Gasteiger partial charge in [-0.2, -0.15) is 0 Å². The van der Waals surface area contributed by atoms with E-state index in [1.165, 1.54) is 0 Å². The molecule has 2 aromatic rings. The Hall–Kier alpha value is -1.82. The minimum Gasteiger partial charge on any atom is -0.494 e. The monoisotopic (exact) mass is 324 g/mol. The van der Waals surface area contributed by atoms with Gasteiger partial charge in [0, 0.05) is 12.6 Å². The number of aromatic carboxylic acids is 1. The van der Waals surface area contributed by atoms with Crippen LogP contribution in [-0.4, -0.2) is 27.2 Å². The number of nitrogens with zero attached hydrogens (tertiary/aromatic N) is 2. The molecule has 6 heteroatoms. The van der Waals surface area contributed by atoms with E-state index in [-0.39, 0.29) is 5.69 Å². The van der Waals surface area contributed by atoms with Crippen LogP contribution < -0.4 is 4.74 Å². The highest BCUT2D eigenvalue weighted by molar-refractivity contribution is 9.10. The van der Waals surface area contributed by atoms with Gasteiger partial charge in [0.05, 0.1) is 6.61 Å². The number of carboxylic acids is 1. The summed E-state index contributed by atoms with van der Waals surface area (Å²) in [6, 6.07) is 7.40. The molecule has 0 saturated heterocycles. The van der Waals surface area contributed by atoms with Gasteiger partial charge in [0.2, 0.25) is 0 Å². The van der Waals surface area contributed by atoms with Crippen molar-refractivity contribution in [1.29, 1.82) is 0 Å². The number of hydrogen-bond donors (Lipinski definition) is 1. The van der Waals surface area contributed by atoms with Crippen LogP contribution in [0.5, 0.6) is 5.75 Å². The molecular formula is C13H13BrN2O3. The number of ether oxygens (including phenoxy) is 1. The van der Waals surface area contributed by atoms with Gasteiger partial charge in [0.25, 0.3) is 0 Å². The molecule has 0 aliphatic heterocycles. The molecule has 0 aliphatic carbocycles. The fourth-order valence-corrected chi connectivity index (χ4v) is 2.19. The SMILES string of the molecule is CCOc1cccc(-c2nc(C(=O)O)c(Br)n2C)c1. The van der Waals surface area contributed by atoms with Crippen molar-refractivity contribution in [2.24, 2.45) is 7.05 Å². The van der Waals surface area contributed by atoms with Crippen molar-refractivity contribution in [3.63, 3.8) is 0 Å². The number of aromatic nitrogens is 2. The van der Waals surface area contributed by atoms with Gasteiger partial charge in [-0.15, -0.1) is 0 Å². The van der Waals surface area contributed by atoms with Crippen LogP contribution in [-0.2, 0) is 7.05 Å². The van der Waals surface area contributed by atoms with Gasteiger partial charge < -0.3 is 14.4 Å². The molecular weight excluding hydrogens is 312 g/mol. The molecule has 0 fully saturated rings. The second kappa shape index (κ2) is 5.44. The second-order valence-corrected chi connectivity index (χ2v) is 4.65. The van der Waals surface area contributed by atoms with Crippen molar-refractivity contribution in [2.45, 2.75) is 6.92 Å². The summed E-state index contributed by atoms with van der Waals surface area (Å²) in [4.78, 5) is 15.2. The van der Waals surface area contributed by atoms with Crippen molar-refractivity contribution in [1.82, 2.24) is 9.55 Å². The molecule has 0 spiro atoms. The highest BCUT2D eigenvalue weighted by Crippen LogP contribution is 2.27. The molecule has 1 N–H and O–H groups in total. The summed E-state index contributed by atoms with van der Waals surface area (Å²) in [7, 11) is 1.76. The lowest BCUT2D eigenvalue weighted by molar-refractivity contribution is 0.0690. The Balaban J connectivity index is 2.50. The lowest BCUT2D eigenvalue weighted by Crippen LogP contribution is -1.97. The molecule has 2 rings (SSSR count). The average molecular weight is 325 g/mol. The molecule has 1 aromatic carbocycles. The molecule has 100 valence electrons. The highest BCUT2D eigenvalue weighted by atomic mass is 79.9. The third-order valence-electron chi connectivity index (χ3n) is 2.63. The molecule has 0 atom stereocenters. The van der Waals surface area contributed by atoms with Crippen molar-refractivity contribution >= 4 is 21.9 Å². The molecule has 0 unspecified atom stereocenters. The molecule has 0 aliphatic rings. The van der Waals surface area contributed by atoms with Crippen LogP contribution in [0.3, 0.4) is 0 Å². The maximum atomic E-state index is 11.1. The van der Waals surface area contributed by atoms with Crippen LogP contribution in [0.4, 0.5) is 0 Å². The first-order valence-corrected chi connectivity index (χ1v) is 6.52. The Morgan fingerprint density at radius 1 is 1.53 bits per heavy atom. The van der Waals surface area contributed by atoms with Gasteiger partial charge >= 0.3 is 5.97 Å². The summed E-state index contributed by atoms with van der Waals surface area (Å²) in [6.45, 7) is 2.49. The predicted octanol–water partition coefficient (Wildman–Crippen LogP) is 2.95. The predicted molar refractivity (Wildman–Crippen MR) is 74.5 cm³/mol. The van der Waals surface area contributed by atoms with Crippen LogP contribution in [0.1, 0.15) is 17.4 Å².